The summed E-state index contributed by atoms with van der Waals surface area (Å²) < 4.78 is 1.02. The number of aryl methyl sites for hydroxylation is 2. The maximum Gasteiger partial charge on any atom is 0.0847 e. The Morgan fingerprint density at radius 1 is 1.47 bits per heavy atom. The van der Waals surface area contributed by atoms with E-state index < -0.39 is 6.10 Å². The molecule has 2 nitrogen and oxygen atoms in total. The van der Waals surface area contributed by atoms with Crippen LogP contribution in [0.25, 0.3) is 0 Å². The number of aliphatic hydroxyl groups excluding tert-OH is 1. The molecule has 0 saturated heterocycles. The van der Waals surface area contributed by atoms with Gasteiger partial charge in [0.05, 0.1) is 17.7 Å². The summed E-state index contributed by atoms with van der Waals surface area (Å²) in [7, 11) is 0. The molecule has 1 aromatic rings. The zero-order valence-corrected chi connectivity index (χ0v) is 11.2. The molecule has 0 bridgehead atoms. The quantitative estimate of drug-likeness (QED) is 0.836. The summed E-state index contributed by atoms with van der Waals surface area (Å²) >= 11 is 9.01. The summed E-state index contributed by atoms with van der Waals surface area (Å²) in [6.45, 7) is 4.55. The van der Waals surface area contributed by atoms with Crippen molar-refractivity contribution < 1.29 is 5.11 Å². The van der Waals surface area contributed by atoms with Gasteiger partial charge in [-0.25, -0.2) is 0 Å². The number of anilines is 1. The Labute approximate surface area is 104 Å². The van der Waals surface area contributed by atoms with E-state index in [9.17, 15) is 5.11 Å². The summed E-state index contributed by atoms with van der Waals surface area (Å²) in [6.07, 6.45) is -0.515. The van der Waals surface area contributed by atoms with Gasteiger partial charge in [0.2, 0.25) is 0 Å². The van der Waals surface area contributed by atoms with Gasteiger partial charge in [-0.05, 0) is 47.0 Å². The second-order valence-electron chi connectivity index (χ2n) is 3.63. The van der Waals surface area contributed by atoms with Crippen LogP contribution in [-0.2, 0) is 0 Å². The van der Waals surface area contributed by atoms with Crippen molar-refractivity contribution in [1.82, 2.24) is 0 Å². The van der Waals surface area contributed by atoms with Gasteiger partial charge >= 0.3 is 0 Å². The minimum atomic E-state index is -0.515. The average molecular weight is 293 g/mol. The smallest absolute Gasteiger partial charge is 0.0847 e. The molecule has 0 amide bonds. The summed E-state index contributed by atoms with van der Waals surface area (Å²) in [6, 6.07) is 4.14. The molecular weight excluding hydrogens is 277 g/mol. The number of aliphatic hydroxyl groups is 1. The van der Waals surface area contributed by atoms with Crippen LogP contribution < -0.4 is 5.32 Å². The van der Waals surface area contributed by atoms with Crippen molar-refractivity contribution in [1.29, 1.82) is 0 Å². The largest absolute Gasteiger partial charge is 0.390 e. The first-order valence-corrected chi connectivity index (χ1v) is 6.12. The molecule has 2 N–H and O–H groups in total. The fraction of sp³-hybridized carbons (Fsp3) is 0.455. The maximum absolute atomic E-state index is 9.35. The highest BCUT2D eigenvalue weighted by molar-refractivity contribution is 9.10. The van der Waals surface area contributed by atoms with Crippen molar-refractivity contribution in [3.63, 3.8) is 0 Å². The Balaban J connectivity index is 2.77. The van der Waals surface area contributed by atoms with Crippen LogP contribution in [0.1, 0.15) is 11.1 Å². The first-order valence-electron chi connectivity index (χ1n) is 4.79. The molecule has 0 aliphatic rings. The van der Waals surface area contributed by atoms with Crippen LogP contribution >= 0.6 is 27.5 Å². The molecule has 0 aromatic heterocycles. The highest BCUT2D eigenvalue weighted by Gasteiger charge is 2.07. The molecule has 1 atom stereocenters. The van der Waals surface area contributed by atoms with Crippen LogP contribution in [0.3, 0.4) is 0 Å². The van der Waals surface area contributed by atoms with Crippen LogP contribution in [0, 0.1) is 13.8 Å². The molecule has 1 unspecified atom stereocenters. The van der Waals surface area contributed by atoms with E-state index >= 15 is 0 Å². The first kappa shape index (κ1) is 12.8. The second-order valence-corrected chi connectivity index (χ2v) is 4.79. The molecule has 0 spiro atoms. The molecule has 0 aliphatic heterocycles. The molecule has 0 saturated carbocycles. The van der Waals surface area contributed by atoms with Crippen molar-refractivity contribution in [2.45, 2.75) is 20.0 Å². The van der Waals surface area contributed by atoms with Crippen molar-refractivity contribution in [2.24, 2.45) is 0 Å². The Kier molecular flexibility index (Phi) is 4.90. The zero-order chi connectivity index (χ0) is 11.4. The van der Waals surface area contributed by atoms with E-state index in [2.05, 4.69) is 34.2 Å². The third-order valence-electron chi connectivity index (χ3n) is 2.12. The Morgan fingerprint density at radius 2 is 2.13 bits per heavy atom. The van der Waals surface area contributed by atoms with Crippen molar-refractivity contribution in [2.75, 3.05) is 17.7 Å². The van der Waals surface area contributed by atoms with Crippen LogP contribution in [0.15, 0.2) is 16.6 Å². The lowest BCUT2D eigenvalue weighted by molar-refractivity contribution is 0.211. The van der Waals surface area contributed by atoms with Crippen molar-refractivity contribution in [3.8, 4) is 0 Å². The third kappa shape index (κ3) is 3.67. The van der Waals surface area contributed by atoms with E-state index in [1.165, 1.54) is 5.56 Å². The van der Waals surface area contributed by atoms with E-state index in [0.717, 1.165) is 15.7 Å². The zero-order valence-electron chi connectivity index (χ0n) is 8.85. The fourth-order valence-corrected chi connectivity index (χ4v) is 2.34. The number of benzene rings is 1. The molecule has 84 valence electrons. The highest BCUT2D eigenvalue weighted by Crippen LogP contribution is 2.27. The standard InChI is InChI=1S/C11H15BrClNO/c1-7-3-8(2)11(10(12)4-7)14-6-9(15)5-13/h3-4,9,14-15H,5-6H2,1-2H3. The van der Waals surface area contributed by atoms with Crippen LogP contribution in [0.5, 0.6) is 0 Å². The Hall–Kier alpha value is -0.250. The van der Waals surface area contributed by atoms with Gasteiger partial charge in [-0.3, -0.25) is 0 Å². The topological polar surface area (TPSA) is 32.3 Å². The number of hydrogen-bond acceptors (Lipinski definition) is 2. The lowest BCUT2D eigenvalue weighted by Gasteiger charge is -2.14. The molecule has 0 fully saturated rings. The van der Waals surface area contributed by atoms with Gasteiger partial charge < -0.3 is 10.4 Å². The fourth-order valence-electron chi connectivity index (χ4n) is 1.41. The molecule has 1 aromatic carbocycles. The maximum atomic E-state index is 9.35. The molecule has 0 heterocycles. The number of hydrogen-bond donors (Lipinski definition) is 2. The number of halogens is 2. The van der Waals surface area contributed by atoms with Gasteiger partial charge in [0.1, 0.15) is 0 Å². The average Bonchev–Trinajstić information content (AvgIpc) is 2.15. The van der Waals surface area contributed by atoms with Gasteiger partial charge in [-0.1, -0.05) is 6.07 Å². The first-order chi connectivity index (χ1) is 7.04. The normalized spacial score (nSPS) is 12.6. The van der Waals surface area contributed by atoms with Gasteiger partial charge in [0.15, 0.2) is 0 Å². The van der Waals surface area contributed by atoms with Crippen molar-refractivity contribution in [3.05, 3.63) is 27.7 Å². The van der Waals surface area contributed by atoms with E-state index in [1.54, 1.807) is 0 Å². The predicted octanol–water partition coefficient (Wildman–Crippen LogP) is 3.08. The minimum absolute atomic E-state index is 0.246. The summed E-state index contributed by atoms with van der Waals surface area (Å²) in [5.74, 6) is 0.246. The molecular formula is C11H15BrClNO. The highest BCUT2D eigenvalue weighted by atomic mass is 79.9. The lowest BCUT2D eigenvalue weighted by atomic mass is 10.1. The molecule has 4 heteroatoms. The molecule has 0 aliphatic carbocycles. The number of rotatable bonds is 4. The molecule has 1 rings (SSSR count). The van der Waals surface area contributed by atoms with Crippen LogP contribution in [0.2, 0.25) is 0 Å². The van der Waals surface area contributed by atoms with Crippen molar-refractivity contribution >= 4 is 33.2 Å². The second kappa shape index (κ2) is 5.73. The molecule has 15 heavy (non-hydrogen) atoms. The third-order valence-corrected chi connectivity index (χ3v) is 3.11. The summed E-state index contributed by atoms with van der Waals surface area (Å²) in [5.41, 5.74) is 3.39. The van der Waals surface area contributed by atoms with E-state index in [-0.39, 0.29) is 5.88 Å². The monoisotopic (exact) mass is 291 g/mol. The van der Waals surface area contributed by atoms with E-state index in [4.69, 9.17) is 11.6 Å². The van der Waals surface area contributed by atoms with Crippen LogP contribution in [0.4, 0.5) is 5.69 Å². The van der Waals surface area contributed by atoms with Gasteiger partial charge in [-0.2, -0.15) is 0 Å². The SMILES string of the molecule is Cc1cc(C)c(NCC(O)CCl)c(Br)c1. The summed E-state index contributed by atoms with van der Waals surface area (Å²) in [5, 5.41) is 12.5. The lowest BCUT2D eigenvalue weighted by Crippen LogP contribution is -2.21. The van der Waals surface area contributed by atoms with E-state index in [0.29, 0.717) is 6.54 Å². The van der Waals surface area contributed by atoms with Crippen LogP contribution in [-0.4, -0.2) is 23.6 Å². The summed E-state index contributed by atoms with van der Waals surface area (Å²) in [4.78, 5) is 0. The predicted molar refractivity (Wildman–Crippen MR) is 68.8 cm³/mol. The Bertz CT molecular complexity index is 320. The van der Waals surface area contributed by atoms with Gasteiger partial charge in [0, 0.05) is 11.0 Å². The Morgan fingerprint density at radius 3 is 2.67 bits per heavy atom. The number of alkyl halides is 1. The minimum Gasteiger partial charge on any atom is -0.390 e. The van der Waals surface area contributed by atoms with Gasteiger partial charge in [-0.15, -0.1) is 11.6 Å². The van der Waals surface area contributed by atoms with Gasteiger partial charge in [0.25, 0.3) is 0 Å². The molecule has 0 radical (unpaired) electrons. The van der Waals surface area contributed by atoms with E-state index in [1.807, 2.05) is 13.0 Å². The number of nitrogens with one attached hydrogen (secondary N) is 1.